The highest BCUT2D eigenvalue weighted by molar-refractivity contribution is 7.00. The first-order chi connectivity index (χ1) is 54.1. The van der Waals surface area contributed by atoms with Crippen molar-refractivity contribution in [3.63, 3.8) is 0 Å². The number of rotatable bonds is 10. The minimum Gasteiger partial charge on any atom is -0.310 e. The lowest BCUT2D eigenvalue weighted by Gasteiger charge is -2.46. The Morgan fingerprint density at radius 3 is 0.964 bits per heavy atom. The minimum absolute atomic E-state index is 0.0592. The van der Waals surface area contributed by atoms with Gasteiger partial charge in [0.05, 0.1) is 22.4 Å². The molecule has 3 nitrogen and oxygen atoms in total. The second-order valence-electron chi connectivity index (χ2n) is 35.2. The quantitative estimate of drug-likeness (QED) is 0.0999. The SMILES string of the molecule is CC(C)(C)c1cc(-c2ccccc2)c(N2c3cc(-c4ccc5c(-c6ccccc6)c6ccccc6c(-c6ccccc6)c5c4)ccc3B3c4ccc(-n5c6ccc(C(C)(C)C)cc6c6cc(C(C)(C)C)ccc65)cc4N(c4c(-c5ccccc5)cc(C(C)(C)C)cc4-c4ccccc4)c4cccc2c43)c(-c2ccccc2)c1. The van der Waals surface area contributed by atoms with Gasteiger partial charge in [-0.3, -0.25) is 0 Å². The Labute approximate surface area is 660 Å². The molecule has 2 aliphatic rings. The molecular weight excluding hydrogens is 1350 g/mol. The van der Waals surface area contributed by atoms with Gasteiger partial charge in [0.1, 0.15) is 0 Å². The zero-order valence-electron chi connectivity index (χ0n) is 66.3. The van der Waals surface area contributed by atoms with Gasteiger partial charge >= 0.3 is 0 Å². The first-order valence-electron chi connectivity index (χ1n) is 39.9. The molecule has 16 aromatic carbocycles. The number of hydrogen-bond donors (Lipinski definition) is 0. The van der Waals surface area contributed by atoms with Crippen LogP contribution in [-0.2, 0) is 21.7 Å². The van der Waals surface area contributed by atoms with E-state index in [9.17, 15) is 0 Å². The Kier molecular flexibility index (Phi) is 16.6. The van der Waals surface area contributed by atoms with Gasteiger partial charge in [-0.15, -0.1) is 0 Å². The molecule has 0 spiro atoms. The molecule has 0 unspecified atom stereocenters. The molecule has 0 atom stereocenters. The van der Waals surface area contributed by atoms with Crippen LogP contribution in [-0.4, -0.2) is 11.3 Å². The summed E-state index contributed by atoms with van der Waals surface area (Å²) in [6.45, 7) is 27.9. The summed E-state index contributed by atoms with van der Waals surface area (Å²) in [6.07, 6.45) is 0. The molecule has 0 bridgehead atoms. The maximum absolute atomic E-state index is 2.71. The Bertz CT molecular complexity index is 6370. The summed E-state index contributed by atoms with van der Waals surface area (Å²) in [5.41, 5.74) is 35.1. The molecule has 19 rings (SSSR count). The number of anilines is 6. The topological polar surface area (TPSA) is 11.4 Å². The third-order valence-corrected chi connectivity index (χ3v) is 24.0. The molecule has 1 aromatic heterocycles. The second kappa shape index (κ2) is 26.6. The second-order valence-corrected chi connectivity index (χ2v) is 35.2. The zero-order valence-corrected chi connectivity index (χ0v) is 66.3. The lowest BCUT2D eigenvalue weighted by atomic mass is 9.33. The van der Waals surface area contributed by atoms with Crippen LogP contribution in [0.15, 0.2) is 340 Å². The Morgan fingerprint density at radius 2 is 0.562 bits per heavy atom. The van der Waals surface area contributed by atoms with Gasteiger partial charge in [-0.05, 0) is 222 Å². The highest BCUT2D eigenvalue weighted by Gasteiger charge is 2.46. The van der Waals surface area contributed by atoms with Gasteiger partial charge in [0, 0.05) is 61.5 Å². The number of hydrogen-bond acceptors (Lipinski definition) is 2. The van der Waals surface area contributed by atoms with Crippen LogP contribution >= 0.6 is 0 Å². The summed E-state index contributed by atoms with van der Waals surface area (Å²) < 4.78 is 2.56. The fourth-order valence-corrected chi connectivity index (χ4v) is 18.1. The van der Waals surface area contributed by atoms with E-state index >= 15 is 0 Å². The molecule has 0 fully saturated rings. The van der Waals surface area contributed by atoms with Crippen molar-refractivity contribution >= 4 is 101 Å². The molecule has 17 aromatic rings. The van der Waals surface area contributed by atoms with Crippen molar-refractivity contribution < 1.29 is 0 Å². The van der Waals surface area contributed by atoms with E-state index in [1.165, 1.54) is 127 Å². The van der Waals surface area contributed by atoms with Crippen LogP contribution in [0.4, 0.5) is 34.1 Å². The Balaban J connectivity index is 0.953. The van der Waals surface area contributed by atoms with Gasteiger partial charge in [-0.1, -0.05) is 338 Å². The normalized spacial score (nSPS) is 12.9. The van der Waals surface area contributed by atoms with E-state index in [1.54, 1.807) is 0 Å². The molecule has 0 saturated carbocycles. The average molecular weight is 1440 g/mol. The number of benzene rings is 16. The summed E-state index contributed by atoms with van der Waals surface area (Å²) in [6, 6.07) is 130. The fraction of sp³-hybridized carbons (Fsp3) is 0.148. The van der Waals surface area contributed by atoms with Crippen molar-refractivity contribution in [2.45, 2.75) is 105 Å². The van der Waals surface area contributed by atoms with Crippen molar-refractivity contribution in [1.82, 2.24) is 4.57 Å². The first-order valence-corrected chi connectivity index (χ1v) is 39.9. The lowest BCUT2D eigenvalue weighted by Crippen LogP contribution is -2.61. The maximum atomic E-state index is 2.71. The standard InChI is InChI=1S/C108H92BN3/c1-105(2,3)77-52-58-94-89(62-77)90-63-78(106(4,5)6)53-59-95(90)110(94)81-54-57-93-99(68-81)112(104-87(71-38-23-15-24-39-71)66-80(108(10,11)12)67-88(104)72-40-25-16-26-41-72)97-49-33-48-96-102(97)109(93)92-56-51-76(61-98(92)111(96)103-85(69-34-19-13-20-35-69)64-79(107(7,8)9)65-86(103)70-36-21-14-22-37-70)75-50-55-84-91(60-75)101(74-44-29-18-30-45-74)83-47-32-31-46-82(83)100(84)73-42-27-17-28-43-73/h13-68H,1-12H3. The van der Waals surface area contributed by atoms with Crippen molar-refractivity contribution in [3.8, 4) is 83.6 Å². The van der Waals surface area contributed by atoms with Crippen LogP contribution in [0.5, 0.6) is 0 Å². The van der Waals surface area contributed by atoms with E-state index in [2.05, 4.69) is 437 Å². The molecule has 0 N–H and O–H groups in total. The molecule has 112 heavy (non-hydrogen) atoms. The molecule has 3 heterocycles. The highest BCUT2D eigenvalue weighted by Crippen LogP contribution is 2.56. The predicted molar refractivity (Wildman–Crippen MR) is 483 cm³/mol. The lowest BCUT2D eigenvalue weighted by molar-refractivity contribution is 0.590. The molecule has 0 amide bonds. The third-order valence-electron chi connectivity index (χ3n) is 24.0. The van der Waals surface area contributed by atoms with Crippen LogP contribution < -0.4 is 26.2 Å². The van der Waals surface area contributed by atoms with Crippen LogP contribution in [0.3, 0.4) is 0 Å². The van der Waals surface area contributed by atoms with E-state index in [4.69, 9.17) is 0 Å². The predicted octanol–water partition coefficient (Wildman–Crippen LogP) is 28.0. The molecule has 0 aliphatic carbocycles. The first kappa shape index (κ1) is 69.9. The molecule has 2 aliphatic heterocycles. The van der Waals surface area contributed by atoms with Gasteiger partial charge in [-0.25, -0.2) is 0 Å². The van der Waals surface area contributed by atoms with Crippen molar-refractivity contribution in [1.29, 1.82) is 0 Å². The van der Waals surface area contributed by atoms with Crippen LogP contribution in [0, 0.1) is 0 Å². The number of fused-ring (bicyclic) bond motifs is 9. The van der Waals surface area contributed by atoms with Gasteiger partial charge in [0.15, 0.2) is 0 Å². The van der Waals surface area contributed by atoms with Crippen molar-refractivity contribution in [2.75, 3.05) is 9.80 Å². The molecular formula is C108H92BN3. The smallest absolute Gasteiger partial charge is 0.252 e. The van der Waals surface area contributed by atoms with Gasteiger partial charge in [0.2, 0.25) is 0 Å². The highest BCUT2D eigenvalue weighted by atomic mass is 15.2. The van der Waals surface area contributed by atoms with Gasteiger partial charge in [-0.2, -0.15) is 0 Å². The molecule has 0 saturated heterocycles. The fourth-order valence-electron chi connectivity index (χ4n) is 18.1. The van der Waals surface area contributed by atoms with E-state index in [-0.39, 0.29) is 28.4 Å². The summed E-state index contributed by atoms with van der Waals surface area (Å²) >= 11 is 0. The maximum Gasteiger partial charge on any atom is 0.252 e. The monoisotopic (exact) mass is 1440 g/mol. The number of aromatic nitrogens is 1. The zero-order chi connectivity index (χ0) is 76.7. The average Bonchev–Trinajstić information content (AvgIpc) is 0.716. The number of nitrogens with zero attached hydrogens (tertiary/aromatic N) is 3. The minimum atomic E-state index is -0.238. The van der Waals surface area contributed by atoms with Gasteiger partial charge in [0.25, 0.3) is 6.71 Å². The van der Waals surface area contributed by atoms with E-state index in [0.29, 0.717) is 0 Å². The Morgan fingerprint density at radius 1 is 0.223 bits per heavy atom. The van der Waals surface area contributed by atoms with Crippen LogP contribution in [0.2, 0.25) is 0 Å². The third kappa shape index (κ3) is 11.8. The van der Waals surface area contributed by atoms with Crippen LogP contribution in [0.1, 0.15) is 105 Å². The summed E-state index contributed by atoms with van der Waals surface area (Å²) in [4.78, 5) is 5.41. The molecule has 0 radical (unpaired) electrons. The molecule has 4 heteroatoms. The van der Waals surface area contributed by atoms with Crippen LogP contribution in [0.25, 0.3) is 127 Å². The summed E-state index contributed by atoms with van der Waals surface area (Å²) in [7, 11) is 0. The summed E-state index contributed by atoms with van der Waals surface area (Å²) in [5.74, 6) is 0. The van der Waals surface area contributed by atoms with Gasteiger partial charge < -0.3 is 14.4 Å². The van der Waals surface area contributed by atoms with E-state index in [1.807, 2.05) is 0 Å². The van der Waals surface area contributed by atoms with E-state index in [0.717, 1.165) is 73.2 Å². The molecule has 542 valence electrons. The summed E-state index contributed by atoms with van der Waals surface area (Å²) in [5, 5.41) is 7.43. The largest absolute Gasteiger partial charge is 0.310 e. The Hall–Kier alpha value is -12.5. The van der Waals surface area contributed by atoms with Crippen molar-refractivity contribution in [3.05, 3.63) is 362 Å². The van der Waals surface area contributed by atoms with Crippen molar-refractivity contribution in [2.24, 2.45) is 0 Å². The van der Waals surface area contributed by atoms with E-state index < -0.39 is 0 Å².